The Morgan fingerprint density at radius 3 is 2.85 bits per heavy atom. The molecule has 1 aromatic carbocycles. The van der Waals surface area contributed by atoms with Gasteiger partial charge in [0.25, 0.3) is 5.91 Å². The minimum Gasteiger partial charge on any atom is -0.465 e. The van der Waals surface area contributed by atoms with E-state index in [2.05, 4.69) is 21.9 Å². The highest BCUT2D eigenvalue weighted by Gasteiger charge is 2.14. The highest BCUT2D eigenvalue weighted by molar-refractivity contribution is 6.01. The molecule has 6 nitrogen and oxygen atoms in total. The molecule has 6 heteroatoms. The maximum Gasteiger partial charge on any atom is 0.259 e. The Labute approximate surface area is 158 Å². The lowest BCUT2D eigenvalue weighted by molar-refractivity contribution is -0.123. The van der Waals surface area contributed by atoms with Crippen LogP contribution < -0.4 is 10.7 Å². The van der Waals surface area contributed by atoms with E-state index in [-0.39, 0.29) is 18.4 Å². The molecule has 1 aromatic heterocycles. The van der Waals surface area contributed by atoms with E-state index in [0.717, 1.165) is 24.1 Å². The molecule has 2 N–H and O–H groups in total. The first kappa shape index (κ1) is 18.6. The maximum atomic E-state index is 11.9. The van der Waals surface area contributed by atoms with E-state index in [9.17, 15) is 9.59 Å². The van der Waals surface area contributed by atoms with Crippen LogP contribution in [0.4, 0.5) is 0 Å². The molecule has 0 aliphatic heterocycles. The van der Waals surface area contributed by atoms with Crippen LogP contribution in [-0.4, -0.2) is 24.1 Å². The highest BCUT2D eigenvalue weighted by Crippen LogP contribution is 2.24. The van der Waals surface area contributed by atoms with E-state index in [4.69, 9.17) is 4.42 Å². The second-order valence-electron chi connectivity index (χ2n) is 6.45. The molecule has 0 saturated heterocycles. The molecule has 1 aliphatic rings. The predicted molar refractivity (Wildman–Crippen MR) is 104 cm³/mol. The minimum atomic E-state index is -0.376. The third-order valence-electron chi connectivity index (χ3n) is 4.50. The normalized spacial score (nSPS) is 14.0. The first-order valence-corrected chi connectivity index (χ1v) is 9.07. The largest absolute Gasteiger partial charge is 0.465 e. The summed E-state index contributed by atoms with van der Waals surface area (Å²) in [7, 11) is 0. The van der Waals surface area contributed by atoms with Gasteiger partial charge in [-0.3, -0.25) is 9.59 Å². The highest BCUT2D eigenvalue weighted by atomic mass is 16.3. The van der Waals surface area contributed by atoms with Crippen LogP contribution in [0.5, 0.6) is 0 Å². The third-order valence-corrected chi connectivity index (χ3v) is 4.50. The molecule has 140 valence electrons. The summed E-state index contributed by atoms with van der Waals surface area (Å²) in [5.41, 5.74) is 7.06. The average Bonchev–Trinajstić information content (AvgIpc) is 3.22. The minimum absolute atomic E-state index is 0.148. The molecule has 1 heterocycles. The van der Waals surface area contributed by atoms with Gasteiger partial charge in [0.1, 0.15) is 5.76 Å². The molecular formula is C21H23N3O3. The van der Waals surface area contributed by atoms with E-state index in [0.29, 0.717) is 5.76 Å². The number of nitrogens with zero attached hydrogens (tertiary/aromatic N) is 1. The molecule has 0 spiro atoms. The Hall–Kier alpha value is -3.15. The van der Waals surface area contributed by atoms with E-state index in [1.54, 1.807) is 12.1 Å². The lowest BCUT2D eigenvalue weighted by atomic mass is 9.87. The number of carbonyl (C=O) groups is 2. The fourth-order valence-electron chi connectivity index (χ4n) is 3.14. The number of benzene rings is 1. The summed E-state index contributed by atoms with van der Waals surface area (Å²) >= 11 is 0. The standard InChI is InChI=1S/C21H23N3O3/c1-15(18-10-4-7-16-6-2-3-9-19(16)18)23-24-21(26)14-22-20(25)12-11-17-8-5-13-27-17/h4-5,7-8,10-13H,2-3,6,9,14H2,1H3,(H,22,25)(H,24,26)/b12-11+,23-15+. The number of nitrogens with one attached hydrogen (secondary N) is 2. The van der Waals surface area contributed by atoms with Crippen molar-refractivity contribution in [3.05, 3.63) is 65.1 Å². The smallest absolute Gasteiger partial charge is 0.259 e. The Morgan fingerprint density at radius 1 is 1.19 bits per heavy atom. The fourth-order valence-corrected chi connectivity index (χ4v) is 3.14. The van der Waals surface area contributed by atoms with E-state index in [1.165, 1.54) is 42.4 Å². The first-order chi connectivity index (χ1) is 13.1. The van der Waals surface area contributed by atoms with Crippen molar-refractivity contribution in [2.75, 3.05) is 6.54 Å². The van der Waals surface area contributed by atoms with E-state index >= 15 is 0 Å². The quantitative estimate of drug-likeness (QED) is 0.469. The Bertz CT molecular complexity index is 867. The number of carbonyl (C=O) groups excluding carboxylic acids is 2. The molecule has 0 saturated carbocycles. The van der Waals surface area contributed by atoms with E-state index in [1.807, 2.05) is 19.1 Å². The maximum absolute atomic E-state index is 11.9. The van der Waals surface area contributed by atoms with Crippen LogP contribution in [0.1, 0.15) is 42.2 Å². The number of aryl methyl sites for hydroxylation is 1. The Balaban J connectivity index is 1.51. The second-order valence-corrected chi connectivity index (χ2v) is 6.45. The van der Waals surface area contributed by atoms with Gasteiger partial charge in [0.2, 0.25) is 5.91 Å². The zero-order valence-corrected chi connectivity index (χ0v) is 15.3. The first-order valence-electron chi connectivity index (χ1n) is 9.07. The molecular weight excluding hydrogens is 342 g/mol. The molecule has 0 fully saturated rings. The van der Waals surface area contributed by atoms with Gasteiger partial charge in [0, 0.05) is 11.6 Å². The zero-order chi connectivity index (χ0) is 19.1. The predicted octanol–water partition coefficient (Wildman–Crippen LogP) is 2.83. The summed E-state index contributed by atoms with van der Waals surface area (Å²) in [4.78, 5) is 23.6. The SMILES string of the molecule is C/C(=N\NC(=O)CNC(=O)/C=C/c1ccco1)c1cccc2c1CCCC2. The number of hydrogen-bond acceptors (Lipinski definition) is 4. The van der Waals surface area contributed by atoms with Crippen molar-refractivity contribution in [1.29, 1.82) is 0 Å². The molecule has 27 heavy (non-hydrogen) atoms. The number of fused-ring (bicyclic) bond motifs is 1. The number of hydrogen-bond donors (Lipinski definition) is 2. The van der Waals surface area contributed by atoms with Crippen molar-refractivity contribution < 1.29 is 14.0 Å². The summed E-state index contributed by atoms with van der Waals surface area (Å²) < 4.78 is 5.09. The Kier molecular flexibility index (Phi) is 6.20. The number of rotatable bonds is 6. The van der Waals surface area contributed by atoms with Gasteiger partial charge >= 0.3 is 0 Å². The third kappa shape index (κ3) is 5.17. The van der Waals surface area contributed by atoms with Gasteiger partial charge in [-0.05, 0) is 61.9 Å². The molecule has 0 bridgehead atoms. The van der Waals surface area contributed by atoms with Crippen LogP contribution in [0.25, 0.3) is 6.08 Å². The molecule has 0 unspecified atom stereocenters. The van der Waals surface area contributed by atoms with Gasteiger partial charge in [0.05, 0.1) is 18.5 Å². The zero-order valence-electron chi connectivity index (χ0n) is 15.3. The summed E-state index contributed by atoms with van der Waals surface area (Å²) in [5.74, 6) is -0.181. The van der Waals surface area contributed by atoms with Crippen LogP contribution in [0.2, 0.25) is 0 Å². The number of amides is 2. The van der Waals surface area contributed by atoms with Crippen LogP contribution in [0.3, 0.4) is 0 Å². The van der Waals surface area contributed by atoms with Gasteiger partial charge in [0.15, 0.2) is 0 Å². The summed E-state index contributed by atoms with van der Waals surface area (Å²) in [6.45, 7) is 1.74. The molecule has 2 amide bonds. The summed E-state index contributed by atoms with van der Waals surface area (Å²) in [6, 6.07) is 9.70. The molecule has 0 radical (unpaired) electrons. The summed E-state index contributed by atoms with van der Waals surface area (Å²) in [5, 5.41) is 6.71. The molecule has 3 rings (SSSR count). The van der Waals surface area contributed by atoms with Crippen molar-refractivity contribution in [2.45, 2.75) is 32.6 Å². The van der Waals surface area contributed by atoms with Gasteiger partial charge in [-0.25, -0.2) is 5.43 Å². The van der Waals surface area contributed by atoms with Crippen LogP contribution >= 0.6 is 0 Å². The molecule has 2 aromatic rings. The number of furan rings is 1. The Morgan fingerprint density at radius 2 is 2.04 bits per heavy atom. The van der Waals surface area contributed by atoms with Crippen molar-refractivity contribution in [3.8, 4) is 0 Å². The van der Waals surface area contributed by atoms with Gasteiger partial charge in [-0.2, -0.15) is 5.10 Å². The van der Waals surface area contributed by atoms with Gasteiger partial charge < -0.3 is 9.73 Å². The van der Waals surface area contributed by atoms with E-state index < -0.39 is 0 Å². The van der Waals surface area contributed by atoms with Crippen molar-refractivity contribution in [1.82, 2.24) is 10.7 Å². The van der Waals surface area contributed by atoms with Crippen molar-refractivity contribution in [3.63, 3.8) is 0 Å². The van der Waals surface area contributed by atoms with Crippen LogP contribution in [0, 0.1) is 0 Å². The second kappa shape index (κ2) is 8.98. The molecule has 0 atom stereocenters. The summed E-state index contributed by atoms with van der Waals surface area (Å²) in [6.07, 6.45) is 8.92. The van der Waals surface area contributed by atoms with Crippen LogP contribution in [-0.2, 0) is 22.4 Å². The van der Waals surface area contributed by atoms with Crippen LogP contribution in [0.15, 0.2) is 52.2 Å². The number of hydrazone groups is 1. The fraction of sp³-hybridized carbons (Fsp3) is 0.286. The average molecular weight is 365 g/mol. The monoisotopic (exact) mass is 365 g/mol. The molecule has 1 aliphatic carbocycles. The van der Waals surface area contributed by atoms with Crippen molar-refractivity contribution >= 4 is 23.6 Å². The topological polar surface area (TPSA) is 83.7 Å². The van der Waals surface area contributed by atoms with Gasteiger partial charge in [-0.15, -0.1) is 0 Å². The van der Waals surface area contributed by atoms with Gasteiger partial charge in [-0.1, -0.05) is 18.2 Å². The lowest BCUT2D eigenvalue weighted by Crippen LogP contribution is -2.34. The van der Waals surface area contributed by atoms with Crippen molar-refractivity contribution in [2.24, 2.45) is 5.10 Å². The lowest BCUT2D eigenvalue weighted by Gasteiger charge is -2.19.